The average Bonchev–Trinajstić information content (AvgIpc) is 2.24. The Balaban J connectivity index is 3.97. The van der Waals surface area contributed by atoms with E-state index in [1.807, 2.05) is 6.92 Å². The Morgan fingerprint density at radius 1 is 1.44 bits per heavy atom. The summed E-state index contributed by atoms with van der Waals surface area (Å²) in [6.45, 7) is 4.94. The Morgan fingerprint density at radius 3 is 2.61 bits per heavy atom. The molecule has 0 heterocycles. The van der Waals surface area contributed by atoms with Gasteiger partial charge in [0.1, 0.15) is 0 Å². The molecule has 1 unspecified atom stereocenters. The van der Waals surface area contributed by atoms with E-state index in [0.29, 0.717) is 26.2 Å². The van der Waals surface area contributed by atoms with Crippen molar-refractivity contribution in [1.82, 2.24) is 10.7 Å². The molecule has 0 aliphatic carbocycles. The zero-order valence-electron chi connectivity index (χ0n) is 10.7. The molecule has 0 fully saturated rings. The van der Waals surface area contributed by atoms with Crippen LogP contribution in [0.25, 0.3) is 0 Å². The van der Waals surface area contributed by atoms with Gasteiger partial charge in [-0.25, -0.2) is 5.84 Å². The highest BCUT2D eigenvalue weighted by molar-refractivity contribution is 5.79. The summed E-state index contributed by atoms with van der Waals surface area (Å²) < 4.78 is 41.4. The van der Waals surface area contributed by atoms with Crippen LogP contribution in [0.2, 0.25) is 0 Å². The maximum Gasteiger partial charge on any atom is 0.391 e. The number of aliphatic imine (C=N–C) groups is 1. The van der Waals surface area contributed by atoms with Crippen LogP contribution in [0, 0.1) is 0 Å². The number of nitrogens with two attached hydrogens (primary N) is 1. The Kier molecular flexibility index (Phi) is 8.47. The average molecular weight is 270 g/mol. The summed E-state index contributed by atoms with van der Waals surface area (Å²) in [5.41, 5.74) is 2.24. The van der Waals surface area contributed by atoms with Crippen molar-refractivity contribution in [1.29, 1.82) is 0 Å². The maximum absolute atomic E-state index is 12.1. The third kappa shape index (κ3) is 10.2. The number of hydrogen-bond acceptors (Lipinski definition) is 3. The predicted molar refractivity (Wildman–Crippen MR) is 64.0 cm³/mol. The molecule has 0 aliphatic rings. The van der Waals surface area contributed by atoms with Crippen molar-refractivity contribution in [2.75, 3.05) is 19.8 Å². The smallest absolute Gasteiger partial charge is 0.382 e. The highest BCUT2D eigenvalue weighted by Crippen LogP contribution is 2.21. The fourth-order valence-electron chi connectivity index (χ4n) is 1.27. The summed E-state index contributed by atoms with van der Waals surface area (Å²) in [5, 5.41) is 2.57. The molecular weight excluding hydrogens is 249 g/mol. The first-order valence-corrected chi connectivity index (χ1v) is 5.81. The molecule has 0 bridgehead atoms. The number of guanidine groups is 1. The molecule has 0 aromatic carbocycles. The molecule has 8 heteroatoms. The van der Waals surface area contributed by atoms with Crippen molar-refractivity contribution in [3.8, 4) is 0 Å². The standard InChI is InChI=1S/C10H21F3N4O/c1-3-18-6-4-5-15-9(17-14)16-8(2)7-10(11,12)13/h8H,3-7,14H2,1-2H3,(H2,15,16,17). The summed E-state index contributed by atoms with van der Waals surface area (Å²) in [7, 11) is 0. The molecule has 0 aromatic heterocycles. The summed E-state index contributed by atoms with van der Waals surface area (Å²) in [6, 6.07) is -0.785. The van der Waals surface area contributed by atoms with E-state index >= 15 is 0 Å². The van der Waals surface area contributed by atoms with Gasteiger partial charge in [-0.2, -0.15) is 13.2 Å². The van der Waals surface area contributed by atoms with Crippen LogP contribution in [0.5, 0.6) is 0 Å². The first-order valence-electron chi connectivity index (χ1n) is 5.81. The van der Waals surface area contributed by atoms with Crippen LogP contribution in [-0.4, -0.2) is 37.9 Å². The van der Waals surface area contributed by atoms with Crippen molar-refractivity contribution in [2.45, 2.75) is 38.9 Å². The highest BCUT2D eigenvalue weighted by atomic mass is 19.4. The normalized spacial score (nSPS) is 14.4. The van der Waals surface area contributed by atoms with Crippen LogP contribution in [0.15, 0.2) is 4.99 Å². The lowest BCUT2D eigenvalue weighted by atomic mass is 10.2. The number of nitrogens with one attached hydrogen (secondary N) is 2. The van der Waals surface area contributed by atoms with E-state index in [4.69, 9.17) is 10.6 Å². The zero-order valence-corrected chi connectivity index (χ0v) is 10.7. The van der Waals surface area contributed by atoms with E-state index in [0.717, 1.165) is 0 Å². The minimum Gasteiger partial charge on any atom is -0.382 e. The first-order chi connectivity index (χ1) is 8.39. The topological polar surface area (TPSA) is 71.7 Å². The number of nitrogens with zero attached hydrogens (tertiary/aromatic N) is 1. The lowest BCUT2D eigenvalue weighted by molar-refractivity contribution is -0.138. The second-order valence-electron chi connectivity index (χ2n) is 3.79. The molecule has 0 saturated heterocycles. The summed E-state index contributed by atoms with van der Waals surface area (Å²) in [6.07, 6.45) is -4.46. The van der Waals surface area contributed by atoms with E-state index in [1.54, 1.807) is 0 Å². The lowest BCUT2D eigenvalue weighted by Crippen LogP contribution is -2.46. The molecule has 0 aliphatic heterocycles. The summed E-state index contributed by atoms with van der Waals surface area (Å²) >= 11 is 0. The number of hydrogen-bond donors (Lipinski definition) is 3. The second-order valence-corrected chi connectivity index (χ2v) is 3.79. The number of alkyl halides is 3. The van der Waals surface area contributed by atoms with Crippen LogP contribution < -0.4 is 16.6 Å². The number of ether oxygens (including phenoxy) is 1. The SMILES string of the molecule is CCOCCCN=C(NN)NC(C)CC(F)(F)F. The van der Waals surface area contributed by atoms with E-state index in [1.165, 1.54) is 6.92 Å². The van der Waals surface area contributed by atoms with Crippen molar-refractivity contribution in [3.63, 3.8) is 0 Å². The number of halogens is 3. The molecule has 0 saturated carbocycles. The van der Waals surface area contributed by atoms with Gasteiger partial charge in [-0.05, 0) is 20.3 Å². The maximum atomic E-state index is 12.1. The molecule has 0 spiro atoms. The van der Waals surface area contributed by atoms with Crippen LogP contribution in [0.3, 0.4) is 0 Å². The van der Waals surface area contributed by atoms with Gasteiger partial charge in [-0.3, -0.25) is 10.4 Å². The minimum atomic E-state index is -4.21. The first kappa shape index (κ1) is 17.0. The van der Waals surface area contributed by atoms with Crippen LogP contribution >= 0.6 is 0 Å². The zero-order chi connectivity index (χ0) is 14.0. The van der Waals surface area contributed by atoms with Gasteiger partial charge in [0.15, 0.2) is 0 Å². The largest absolute Gasteiger partial charge is 0.391 e. The van der Waals surface area contributed by atoms with Gasteiger partial charge in [0.05, 0.1) is 6.42 Å². The third-order valence-electron chi connectivity index (χ3n) is 1.98. The van der Waals surface area contributed by atoms with E-state index in [2.05, 4.69) is 15.7 Å². The van der Waals surface area contributed by atoms with Crippen LogP contribution in [0.4, 0.5) is 13.2 Å². The van der Waals surface area contributed by atoms with Crippen molar-refractivity contribution < 1.29 is 17.9 Å². The van der Waals surface area contributed by atoms with Crippen molar-refractivity contribution in [3.05, 3.63) is 0 Å². The Labute approximate surface area is 105 Å². The Bertz CT molecular complexity index is 246. The predicted octanol–water partition coefficient (Wildman–Crippen LogP) is 1.16. The molecule has 0 aromatic rings. The Morgan fingerprint density at radius 2 is 2.11 bits per heavy atom. The second kappa shape index (κ2) is 8.98. The number of hydrazine groups is 1. The van der Waals surface area contributed by atoms with Crippen LogP contribution in [-0.2, 0) is 4.74 Å². The van der Waals surface area contributed by atoms with Gasteiger partial charge in [0, 0.05) is 25.8 Å². The van der Waals surface area contributed by atoms with E-state index in [-0.39, 0.29) is 5.96 Å². The van der Waals surface area contributed by atoms with Gasteiger partial charge in [0.25, 0.3) is 0 Å². The quantitative estimate of drug-likeness (QED) is 0.213. The van der Waals surface area contributed by atoms with Crippen molar-refractivity contribution in [2.24, 2.45) is 10.8 Å². The Hall–Kier alpha value is -1.02. The van der Waals surface area contributed by atoms with Gasteiger partial charge in [0.2, 0.25) is 5.96 Å². The van der Waals surface area contributed by atoms with Crippen molar-refractivity contribution >= 4 is 5.96 Å². The summed E-state index contributed by atoms with van der Waals surface area (Å²) in [4.78, 5) is 4.01. The molecule has 0 amide bonds. The fourth-order valence-corrected chi connectivity index (χ4v) is 1.27. The van der Waals surface area contributed by atoms with Gasteiger partial charge < -0.3 is 10.1 Å². The fraction of sp³-hybridized carbons (Fsp3) is 0.900. The van der Waals surface area contributed by atoms with E-state index < -0.39 is 18.6 Å². The number of rotatable bonds is 7. The highest BCUT2D eigenvalue weighted by Gasteiger charge is 2.30. The van der Waals surface area contributed by atoms with Gasteiger partial charge in [-0.1, -0.05) is 0 Å². The van der Waals surface area contributed by atoms with Gasteiger partial charge >= 0.3 is 6.18 Å². The molecule has 0 rings (SSSR count). The monoisotopic (exact) mass is 270 g/mol. The molecule has 4 N–H and O–H groups in total. The molecule has 0 radical (unpaired) electrons. The van der Waals surface area contributed by atoms with Gasteiger partial charge in [-0.15, -0.1) is 0 Å². The summed E-state index contributed by atoms with van der Waals surface area (Å²) in [5.74, 6) is 5.33. The lowest BCUT2D eigenvalue weighted by Gasteiger charge is -2.17. The van der Waals surface area contributed by atoms with Crippen LogP contribution in [0.1, 0.15) is 26.7 Å². The minimum absolute atomic E-state index is 0.156. The van der Waals surface area contributed by atoms with E-state index in [9.17, 15) is 13.2 Å². The molecule has 5 nitrogen and oxygen atoms in total. The molecular formula is C10H21F3N4O. The molecule has 108 valence electrons. The molecule has 1 atom stereocenters. The third-order valence-corrected chi connectivity index (χ3v) is 1.98. The molecule has 18 heavy (non-hydrogen) atoms.